The Morgan fingerprint density at radius 3 is 1.94 bits per heavy atom. The summed E-state index contributed by atoms with van der Waals surface area (Å²) in [5.74, 6) is 0. The van der Waals surface area contributed by atoms with Crippen LogP contribution in [0.2, 0.25) is 0 Å². The van der Waals surface area contributed by atoms with Crippen molar-refractivity contribution in [1.29, 1.82) is 0 Å². The number of fused-ring (bicyclic) bond motifs is 1. The van der Waals surface area contributed by atoms with E-state index in [9.17, 15) is 0 Å². The molecule has 0 aromatic carbocycles. The zero-order valence-electron chi connectivity index (χ0n) is 21.2. The van der Waals surface area contributed by atoms with Gasteiger partial charge in [0.25, 0.3) is 0 Å². The molecule has 180 valence electrons. The van der Waals surface area contributed by atoms with Gasteiger partial charge in [0.05, 0.1) is 11.7 Å². The van der Waals surface area contributed by atoms with Crippen molar-refractivity contribution in [3.63, 3.8) is 0 Å². The van der Waals surface area contributed by atoms with Crippen LogP contribution in [0.1, 0.15) is 75.2 Å². The van der Waals surface area contributed by atoms with Crippen LogP contribution in [0.25, 0.3) is 0 Å². The highest BCUT2D eigenvalue weighted by Crippen LogP contribution is 2.51. The van der Waals surface area contributed by atoms with Gasteiger partial charge in [-0.15, -0.1) is 0 Å². The molecule has 0 radical (unpaired) electrons. The second-order valence-corrected chi connectivity index (χ2v) is 10.0. The lowest BCUT2D eigenvalue weighted by Gasteiger charge is -2.42. The van der Waals surface area contributed by atoms with Gasteiger partial charge in [-0.1, -0.05) is 111 Å². The summed E-state index contributed by atoms with van der Waals surface area (Å²) in [5.41, 5.74) is 6.48. The van der Waals surface area contributed by atoms with Crippen LogP contribution in [-0.4, -0.2) is 11.7 Å². The van der Waals surface area contributed by atoms with Crippen molar-refractivity contribution in [2.45, 2.75) is 86.9 Å². The highest BCUT2D eigenvalue weighted by molar-refractivity contribution is 5.37. The zero-order valence-corrected chi connectivity index (χ0v) is 21.2. The van der Waals surface area contributed by atoms with Crippen molar-refractivity contribution in [2.24, 2.45) is 5.41 Å². The van der Waals surface area contributed by atoms with Crippen LogP contribution in [-0.2, 0) is 4.74 Å². The lowest BCUT2D eigenvalue weighted by molar-refractivity contribution is -0.0307. The van der Waals surface area contributed by atoms with Gasteiger partial charge in [-0.3, -0.25) is 0 Å². The van der Waals surface area contributed by atoms with E-state index >= 15 is 0 Å². The summed E-state index contributed by atoms with van der Waals surface area (Å²) >= 11 is 0. The third-order valence-electron chi connectivity index (χ3n) is 6.50. The topological polar surface area (TPSA) is 9.23 Å². The molecule has 1 nitrogen and oxygen atoms in total. The monoisotopic (exact) mass is 446 g/mol. The molecular formula is C32H46O. The van der Waals surface area contributed by atoms with Crippen LogP contribution < -0.4 is 0 Å². The maximum absolute atomic E-state index is 6.52. The third-order valence-corrected chi connectivity index (χ3v) is 6.50. The van der Waals surface area contributed by atoms with Gasteiger partial charge in [-0.05, 0) is 76.5 Å². The van der Waals surface area contributed by atoms with Gasteiger partial charge in [-0.2, -0.15) is 0 Å². The first-order valence-corrected chi connectivity index (χ1v) is 11.8. The van der Waals surface area contributed by atoms with E-state index < -0.39 is 0 Å². The molecule has 1 aliphatic carbocycles. The maximum Gasteiger partial charge on any atom is 0.0982 e. The summed E-state index contributed by atoms with van der Waals surface area (Å²) in [6.07, 6.45) is 29.0. The predicted octanol–water partition coefficient (Wildman–Crippen LogP) is 9.56. The van der Waals surface area contributed by atoms with Crippen LogP contribution in [0.3, 0.4) is 0 Å². The molecular weight excluding hydrogens is 400 g/mol. The molecule has 2 aliphatic rings. The molecule has 1 fully saturated rings. The van der Waals surface area contributed by atoms with E-state index in [1.54, 1.807) is 0 Å². The molecule has 0 spiro atoms. The average molecular weight is 447 g/mol. The minimum absolute atomic E-state index is 0. The second kappa shape index (κ2) is 12.8. The minimum Gasteiger partial charge on any atom is -0.359 e. The molecule has 1 heteroatoms. The van der Waals surface area contributed by atoms with E-state index in [1.807, 2.05) is 13.0 Å². The van der Waals surface area contributed by atoms with Crippen LogP contribution >= 0.6 is 0 Å². The van der Waals surface area contributed by atoms with E-state index in [2.05, 4.69) is 115 Å². The van der Waals surface area contributed by atoms with Crippen molar-refractivity contribution < 1.29 is 4.74 Å². The van der Waals surface area contributed by atoms with E-state index in [0.717, 1.165) is 12.0 Å². The Morgan fingerprint density at radius 1 is 0.848 bits per heavy atom. The molecule has 0 bridgehead atoms. The van der Waals surface area contributed by atoms with Gasteiger partial charge < -0.3 is 4.74 Å². The quantitative estimate of drug-likeness (QED) is 0.266. The summed E-state index contributed by atoms with van der Waals surface area (Å²) in [6.45, 7) is 19.2. The molecule has 2 atom stereocenters. The molecule has 2 rings (SSSR count). The second-order valence-electron chi connectivity index (χ2n) is 10.0. The van der Waals surface area contributed by atoms with Crippen LogP contribution in [0, 0.1) is 5.41 Å². The lowest BCUT2D eigenvalue weighted by Crippen LogP contribution is -2.39. The Hall–Kier alpha value is -2.38. The van der Waals surface area contributed by atoms with Gasteiger partial charge in [-0.25, -0.2) is 0 Å². The molecule has 0 aromatic heterocycles. The Bertz CT molecular complexity index is 924. The van der Waals surface area contributed by atoms with E-state index in [-0.39, 0.29) is 24.5 Å². The van der Waals surface area contributed by atoms with Crippen molar-refractivity contribution in [1.82, 2.24) is 0 Å². The highest BCUT2D eigenvalue weighted by atomic mass is 16.5. The summed E-state index contributed by atoms with van der Waals surface area (Å²) in [4.78, 5) is 0. The first-order chi connectivity index (χ1) is 15.1. The van der Waals surface area contributed by atoms with E-state index in [4.69, 9.17) is 4.74 Å². The van der Waals surface area contributed by atoms with E-state index in [1.165, 1.54) is 35.1 Å². The van der Waals surface area contributed by atoms with Crippen LogP contribution in [0.5, 0.6) is 0 Å². The van der Waals surface area contributed by atoms with Crippen LogP contribution in [0.4, 0.5) is 0 Å². The molecule has 0 amide bonds. The molecule has 1 aliphatic heterocycles. The normalized spacial score (nSPS) is 26.6. The van der Waals surface area contributed by atoms with E-state index in [0.29, 0.717) is 0 Å². The summed E-state index contributed by atoms with van der Waals surface area (Å²) in [5, 5.41) is 0. The number of rotatable bonds is 8. The van der Waals surface area contributed by atoms with Gasteiger partial charge in [0.2, 0.25) is 0 Å². The van der Waals surface area contributed by atoms with Gasteiger partial charge in [0, 0.05) is 0 Å². The number of hydrogen-bond donors (Lipinski definition) is 0. The number of hydrogen-bond acceptors (Lipinski definition) is 1. The Balaban J connectivity index is 0.00000544. The molecule has 0 aromatic rings. The average Bonchev–Trinajstić information content (AvgIpc) is 3.10. The van der Waals surface area contributed by atoms with Crippen molar-refractivity contribution >= 4 is 0 Å². The SMILES string of the molecule is C.C=C/C(C)=C/C=C/C(C)=C/C=C/C=C(C)/C=C/C=C(\C)C1C=C2C(C)(C)CCCC2(C)O1. The van der Waals surface area contributed by atoms with Gasteiger partial charge in [0.15, 0.2) is 0 Å². The van der Waals surface area contributed by atoms with Gasteiger partial charge >= 0.3 is 0 Å². The first kappa shape index (κ1) is 28.7. The molecule has 0 saturated heterocycles. The molecule has 33 heavy (non-hydrogen) atoms. The highest BCUT2D eigenvalue weighted by Gasteiger charge is 2.47. The number of allylic oxidation sites excluding steroid dienone is 14. The Morgan fingerprint density at radius 2 is 1.39 bits per heavy atom. The molecule has 2 unspecified atom stereocenters. The molecule has 0 N–H and O–H groups in total. The largest absolute Gasteiger partial charge is 0.359 e. The fourth-order valence-electron chi connectivity index (χ4n) is 4.46. The fraction of sp³-hybridized carbons (Fsp3) is 0.438. The van der Waals surface area contributed by atoms with Crippen molar-refractivity contribution in [2.75, 3.05) is 0 Å². The Kier molecular flexibility index (Phi) is 11.1. The molecule has 1 saturated carbocycles. The Labute approximate surface area is 204 Å². The smallest absolute Gasteiger partial charge is 0.0982 e. The van der Waals surface area contributed by atoms with Gasteiger partial charge in [0.1, 0.15) is 0 Å². The maximum atomic E-state index is 6.52. The first-order valence-electron chi connectivity index (χ1n) is 11.8. The predicted molar refractivity (Wildman–Crippen MR) is 148 cm³/mol. The van der Waals surface area contributed by atoms with Crippen LogP contribution in [0.15, 0.2) is 107 Å². The summed E-state index contributed by atoms with van der Waals surface area (Å²) in [7, 11) is 0. The molecule has 1 heterocycles. The standard InChI is InChI=1S/C31H42O.CH4/c1-9-24(2)17-12-18-25(3)15-10-11-16-26(4)19-13-20-27(5)28-23-29-30(6,7)21-14-22-31(29,8)32-28;/h9-13,15-20,23,28H,1,14,21-22H2,2-8H3;1H4/b11-10+,18-12+,19-13+,24-17+,25-15+,26-16+,27-20+;. The minimum atomic E-state index is -0.0898. The fourth-order valence-corrected chi connectivity index (χ4v) is 4.46. The summed E-state index contributed by atoms with van der Waals surface area (Å²) < 4.78 is 6.52. The third kappa shape index (κ3) is 8.48. The lowest BCUT2D eigenvalue weighted by atomic mass is 9.67. The number of ether oxygens (including phenoxy) is 1. The van der Waals surface area contributed by atoms with Crippen molar-refractivity contribution in [3.8, 4) is 0 Å². The summed E-state index contributed by atoms with van der Waals surface area (Å²) in [6, 6.07) is 0. The zero-order chi connectivity index (χ0) is 23.8. The van der Waals surface area contributed by atoms with Crippen molar-refractivity contribution in [3.05, 3.63) is 107 Å².